The third-order valence-corrected chi connectivity index (χ3v) is 4.93. The molecule has 6 nitrogen and oxygen atoms in total. The standard InChI is InChI=1S/C23H28N4O2/c1-3-27(18-9-6-8-17(2)16-18)15-14-24-22(28)13-7-12-21-25-20-11-5-4-10-19(20)23(29)26-21/h4-6,8-11,16H,3,7,12-15H2,1-2H3,(H,24,28)(H,25,26,29). The highest BCUT2D eigenvalue weighted by Gasteiger charge is 2.07. The maximum Gasteiger partial charge on any atom is 0.258 e. The van der Waals surface area contributed by atoms with Crippen molar-refractivity contribution in [2.24, 2.45) is 0 Å². The molecule has 0 aliphatic carbocycles. The molecular weight excluding hydrogens is 364 g/mol. The maximum atomic E-state index is 12.2. The Bertz CT molecular complexity index is 1030. The molecule has 3 rings (SSSR count). The van der Waals surface area contributed by atoms with E-state index in [4.69, 9.17) is 0 Å². The molecule has 29 heavy (non-hydrogen) atoms. The number of H-pyrrole nitrogens is 1. The van der Waals surface area contributed by atoms with Gasteiger partial charge in [-0.1, -0.05) is 24.3 Å². The van der Waals surface area contributed by atoms with Gasteiger partial charge >= 0.3 is 0 Å². The number of anilines is 1. The fourth-order valence-electron chi connectivity index (χ4n) is 3.38. The monoisotopic (exact) mass is 392 g/mol. The van der Waals surface area contributed by atoms with E-state index in [2.05, 4.69) is 58.3 Å². The van der Waals surface area contributed by atoms with Crippen molar-refractivity contribution in [2.45, 2.75) is 33.1 Å². The van der Waals surface area contributed by atoms with Crippen LogP contribution in [-0.2, 0) is 11.2 Å². The van der Waals surface area contributed by atoms with Gasteiger partial charge in [0.05, 0.1) is 10.9 Å². The Morgan fingerprint density at radius 2 is 2.00 bits per heavy atom. The summed E-state index contributed by atoms with van der Waals surface area (Å²) < 4.78 is 0. The van der Waals surface area contributed by atoms with Crippen molar-refractivity contribution in [1.82, 2.24) is 15.3 Å². The first-order valence-corrected chi connectivity index (χ1v) is 10.1. The highest BCUT2D eigenvalue weighted by molar-refractivity contribution is 5.77. The smallest absolute Gasteiger partial charge is 0.258 e. The van der Waals surface area contributed by atoms with Crippen molar-refractivity contribution in [3.05, 3.63) is 70.3 Å². The summed E-state index contributed by atoms with van der Waals surface area (Å²) in [4.78, 5) is 33.8. The van der Waals surface area contributed by atoms with Crippen LogP contribution >= 0.6 is 0 Å². The van der Waals surface area contributed by atoms with Gasteiger partial charge in [-0.25, -0.2) is 4.98 Å². The minimum absolute atomic E-state index is 0.0217. The highest BCUT2D eigenvalue weighted by atomic mass is 16.1. The maximum absolute atomic E-state index is 12.2. The van der Waals surface area contributed by atoms with Crippen LogP contribution < -0.4 is 15.8 Å². The number of carbonyl (C=O) groups excluding carboxylic acids is 1. The number of nitrogens with one attached hydrogen (secondary N) is 2. The van der Waals surface area contributed by atoms with E-state index in [0.29, 0.717) is 42.5 Å². The zero-order valence-corrected chi connectivity index (χ0v) is 17.1. The van der Waals surface area contributed by atoms with Gasteiger partial charge in [0.1, 0.15) is 5.82 Å². The van der Waals surface area contributed by atoms with Crippen molar-refractivity contribution < 1.29 is 4.79 Å². The number of aromatic amines is 1. The second-order valence-corrected chi connectivity index (χ2v) is 7.15. The predicted molar refractivity (Wildman–Crippen MR) is 117 cm³/mol. The Morgan fingerprint density at radius 1 is 1.17 bits per heavy atom. The second-order valence-electron chi connectivity index (χ2n) is 7.15. The molecule has 2 N–H and O–H groups in total. The lowest BCUT2D eigenvalue weighted by molar-refractivity contribution is -0.121. The van der Waals surface area contributed by atoms with Gasteiger partial charge in [-0.05, 0) is 50.1 Å². The van der Waals surface area contributed by atoms with Gasteiger partial charge in [-0.3, -0.25) is 9.59 Å². The summed E-state index contributed by atoms with van der Waals surface area (Å²) in [7, 11) is 0. The van der Waals surface area contributed by atoms with Crippen molar-refractivity contribution in [3.8, 4) is 0 Å². The summed E-state index contributed by atoms with van der Waals surface area (Å²) in [5.74, 6) is 0.645. The molecule has 1 heterocycles. The first-order valence-electron chi connectivity index (χ1n) is 10.1. The highest BCUT2D eigenvalue weighted by Crippen LogP contribution is 2.15. The zero-order chi connectivity index (χ0) is 20.6. The van der Waals surface area contributed by atoms with E-state index in [0.717, 1.165) is 13.1 Å². The number of aryl methyl sites for hydroxylation is 2. The molecule has 0 unspecified atom stereocenters. The molecule has 0 saturated heterocycles. The van der Waals surface area contributed by atoms with Crippen LogP contribution in [0.5, 0.6) is 0 Å². The van der Waals surface area contributed by atoms with E-state index >= 15 is 0 Å². The second kappa shape index (κ2) is 9.87. The van der Waals surface area contributed by atoms with Gasteiger partial charge < -0.3 is 15.2 Å². The number of likely N-dealkylation sites (N-methyl/N-ethyl adjacent to an activating group) is 1. The first-order chi connectivity index (χ1) is 14.1. The van der Waals surface area contributed by atoms with E-state index in [1.54, 1.807) is 6.07 Å². The number of hydrogen-bond donors (Lipinski definition) is 2. The molecule has 0 spiro atoms. The minimum atomic E-state index is -0.133. The van der Waals surface area contributed by atoms with Gasteiger partial charge in [0, 0.05) is 38.2 Å². The van der Waals surface area contributed by atoms with Crippen molar-refractivity contribution >= 4 is 22.5 Å². The number of aromatic nitrogens is 2. The summed E-state index contributed by atoms with van der Waals surface area (Å²) in [6, 6.07) is 15.7. The molecule has 0 radical (unpaired) electrons. The van der Waals surface area contributed by atoms with Gasteiger partial charge in [-0.15, -0.1) is 0 Å². The summed E-state index contributed by atoms with van der Waals surface area (Å²) >= 11 is 0. The van der Waals surface area contributed by atoms with E-state index < -0.39 is 0 Å². The van der Waals surface area contributed by atoms with Crippen molar-refractivity contribution in [1.29, 1.82) is 0 Å². The van der Waals surface area contributed by atoms with Crippen LogP contribution in [0.1, 0.15) is 31.2 Å². The zero-order valence-electron chi connectivity index (χ0n) is 17.1. The van der Waals surface area contributed by atoms with Crippen LogP contribution in [0, 0.1) is 6.92 Å². The number of hydrogen-bond acceptors (Lipinski definition) is 4. The molecular formula is C23H28N4O2. The molecule has 1 aromatic heterocycles. The molecule has 1 amide bonds. The Morgan fingerprint density at radius 3 is 2.79 bits per heavy atom. The number of fused-ring (bicyclic) bond motifs is 1. The van der Waals surface area contributed by atoms with Crippen LogP contribution in [0.3, 0.4) is 0 Å². The third-order valence-electron chi connectivity index (χ3n) is 4.93. The summed E-state index contributed by atoms with van der Waals surface area (Å²) in [6.45, 7) is 6.45. The van der Waals surface area contributed by atoms with E-state index in [1.165, 1.54) is 11.3 Å². The number of carbonyl (C=O) groups is 1. The molecule has 0 saturated carbocycles. The summed E-state index contributed by atoms with van der Waals surface area (Å²) in [6.07, 6.45) is 1.62. The van der Waals surface area contributed by atoms with E-state index in [9.17, 15) is 9.59 Å². The lowest BCUT2D eigenvalue weighted by atomic mass is 10.2. The Labute approximate surface area is 171 Å². The normalized spacial score (nSPS) is 10.8. The molecule has 0 aliphatic rings. The number of nitrogens with zero attached hydrogens (tertiary/aromatic N) is 2. The predicted octanol–water partition coefficient (Wildman–Crippen LogP) is 3.20. The Hall–Kier alpha value is -3.15. The molecule has 152 valence electrons. The molecule has 6 heteroatoms. The molecule has 2 aromatic carbocycles. The van der Waals surface area contributed by atoms with Crippen molar-refractivity contribution in [3.63, 3.8) is 0 Å². The van der Waals surface area contributed by atoms with Crippen LogP contribution in [-0.4, -0.2) is 35.5 Å². The number of para-hydroxylation sites is 1. The van der Waals surface area contributed by atoms with Crippen LogP contribution in [0.15, 0.2) is 53.3 Å². The number of amides is 1. The topological polar surface area (TPSA) is 78.1 Å². The van der Waals surface area contributed by atoms with Crippen LogP contribution in [0.4, 0.5) is 5.69 Å². The quantitative estimate of drug-likeness (QED) is 0.586. The fraction of sp³-hybridized carbons (Fsp3) is 0.348. The lowest BCUT2D eigenvalue weighted by Gasteiger charge is -2.23. The molecule has 0 fully saturated rings. The van der Waals surface area contributed by atoms with E-state index in [-0.39, 0.29) is 11.5 Å². The van der Waals surface area contributed by atoms with Crippen LogP contribution in [0.2, 0.25) is 0 Å². The van der Waals surface area contributed by atoms with Gasteiger partial charge in [0.2, 0.25) is 5.91 Å². The first kappa shape index (κ1) is 20.6. The average Bonchev–Trinajstić information content (AvgIpc) is 2.71. The number of rotatable bonds is 9. The van der Waals surface area contributed by atoms with Crippen molar-refractivity contribution in [2.75, 3.05) is 24.5 Å². The number of benzene rings is 2. The van der Waals surface area contributed by atoms with Gasteiger partial charge in [-0.2, -0.15) is 0 Å². The summed E-state index contributed by atoms with van der Waals surface area (Å²) in [5.41, 5.74) is 2.95. The molecule has 0 bridgehead atoms. The average molecular weight is 393 g/mol. The molecule has 3 aromatic rings. The minimum Gasteiger partial charge on any atom is -0.370 e. The Kier molecular flexibility index (Phi) is 7.00. The SMILES string of the molecule is CCN(CCNC(=O)CCCc1nc2ccccc2c(=O)[nH]1)c1cccc(C)c1. The van der Waals surface area contributed by atoms with Crippen LogP contribution in [0.25, 0.3) is 10.9 Å². The summed E-state index contributed by atoms with van der Waals surface area (Å²) in [5, 5.41) is 3.57. The lowest BCUT2D eigenvalue weighted by Crippen LogP contribution is -2.34. The fourth-order valence-corrected chi connectivity index (χ4v) is 3.38. The van der Waals surface area contributed by atoms with Gasteiger partial charge in [0.15, 0.2) is 0 Å². The van der Waals surface area contributed by atoms with Gasteiger partial charge in [0.25, 0.3) is 5.56 Å². The van der Waals surface area contributed by atoms with E-state index in [1.807, 2.05) is 18.2 Å². The third kappa shape index (κ3) is 5.67. The molecule has 0 atom stereocenters. The Balaban J connectivity index is 1.44. The molecule has 0 aliphatic heterocycles. The largest absolute Gasteiger partial charge is 0.370 e.